The molecule has 0 fully saturated rings. The van der Waals surface area contributed by atoms with Gasteiger partial charge in [0.05, 0.1) is 0 Å². The van der Waals surface area contributed by atoms with Crippen molar-refractivity contribution in [3.05, 3.63) is 51.8 Å². The highest BCUT2D eigenvalue weighted by Crippen LogP contribution is 2.27. The van der Waals surface area contributed by atoms with Crippen LogP contribution in [0.15, 0.2) is 30.5 Å². The van der Waals surface area contributed by atoms with Gasteiger partial charge in [0.15, 0.2) is 0 Å². The summed E-state index contributed by atoms with van der Waals surface area (Å²) in [5, 5.41) is 5.38. The highest BCUT2D eigenvalue weighted by molar-refractivity contribution is 6.35. The number of benzene rings is 1. The zero-order chi connectivity index (χ0) is 13.1. The van der Waals surface area contributed by atoms with Crippen molar-refractivity contribution >= 4 is 23.2 Å². The molecule has 0 aliphatic heterocycles. The minimum absolute atomic E-state index is 0.0929. The van der Waals surface area contributed by atoms with Gasteiger partial charge in [0.25, 0.3) is 0 Å². The first-order valence-corrected chi connectivity index (χ1v) is 6.51. The number of rotatable bonds is 4. The van der Waals surface area contributed by atoms with Crippen LogP contribution in [0.2, 0.25) is 10.0 Å². The molecule has 0 aliphatic rings. The van der Waals surface area contributed by atoms with Gasteiger partial charge in [-0.2, -0.15) is 5.10 Å². The second-order valence-corrected chi connectivity index (χ2v) is 5.10. The van der Waals surface area contributed by atoms with Gasteiger partial charge in [-0.15, -0.1) is 0 Å². The van der Waals surface area contributed by atoms with Gasteiger partial charge in [-0.25, -0.2) is 0 Å². The van der Waals surface area contributed by atoms with Crippen molar-refractivity contribution in [3.8, 4) is 0 Å². The molecule has 2 aromatic rings. The van der Waals surface area contributed by atoms with Crippen molar-refractivity contribution in [1.29, 1.82) is 0 Å². The summed E-state index contributed by atoms with van der Waals surface area (Å²) in [6.07, 6.45) is 3.48. The lowest BCUT2D eigenvalue weighted by molar-refractivity contribution is 0.614. The van der Waals surface area contributed by atoms with E-state index in [0.29, 0.717) is 10.0 Å². The first kappa shape index (κ1) is 13.4. The Morgan fingerprint density at radius 2 is 2.11 bits per heavy atom. The largest absolute Gasteiger partial charge is 0.324 e. The van der Waals surface area contributed by atoms with Gasteiger partial charge in [0, 0.05) is 35.0 Å². The SMILES string of the molecule is Cn1nccc1CCC(N)c1ccc(Cl)cc1Cl. The molecule has 3 nitrogen and oxygen atoms in total. The van der Waals surface area contributed by atoms with E-state index in [1.165, 1.54) is 0 Å². The van der Waals surface area contributed by atoms with Gasteiger partial charge >= 0.3 is 0 Å². The molecule has 96 valence electrons. The smallest absolute Gasteiger partial charge is 0.0492 e. The van der Waals surface area contributed by atoms with E-state index in [9.17, 15) is 0 Å². The Morgan fingerprint density at radius 3 is 2.72 bits per heavy atom. The van der Waals surface area contributed by atoms with E-state index in [1.807, 2.05) is 29.9 Å². The van der Waals surface area contributed by atoms with E-state index in [1.54, 1.807) is 12.3 Å². The van der Waals surface area contributed by atoms with E-state index in [0.717, 1.165) is 24.1 Å². The predicted octanol–water partition coefficient (Wildman–Crippen LogP) is 3.36. The fraction of sp³-hybridized carbons (Fsp3) is 0.308. The minimum atomic E-state index is -0.0929. The maximum absolute atomic E-state index is 6.16. The molecule has 0 saturated carbocycles. The quantitative estimate of drug-likeness (QED) is 0.935. The highest BCUT2D eigenvalue weighted by Gasteiger charge is 2.11. The first-order valence-electron chi connectivity index (χ1n) is 5.75. The number of nitrogens with two attached hydrogens (primary N) is 1. The Kier molecular flexibility index (Phi) is 4.27. The van der Waals surface area contributed by atoms with Crippen molar-refractivity contribution < 1.29 is 0 Å². The first-order chi connectivity index (χ1) is 8.58. The molecule has 0 bridgehead atoms. The number of hydrogen-bond acceptors (Lipinski definition) is 2. The summed E-state index contributed by atoms with van der Waals surface area (Å²) in [5.41, 5.74) is 8.25. The third-order valence-corrected chi connectivity index (χ3v) is 3.56. The van der Waals surface area contributed by atoms with Crippen LogP contribution in [0.3, 0.4) is 0 Å². The number of nitrogens with zero attached hydrogens (tertiary/aromatic N) is 2. The molecule has 2 rings (SSSR count). The Balaban J connectivity index is 2.03. The molecule has 2 N–H and O–H groups in total. The molecule has 18 heavy (non-hydrogen) atoms. The standard InChI is InChI=1S/C13H15Cl2N3/c1-18-10(6-7-17-18)3-5-13(16)11-4-2-9(14)8-12(11)15/h2,4,6-8,13H,3,5,16H2,1H3. The second kappa shape index (κ2) is 5.74. The molecule has 1 aromatic heterocycles. The fourth-order valence-corrected chi connectivity index (χ4v) is 2.46. The highest BCUT2D eigenvalue weighted by atomic mass is 35.5. The number of halogens is 2. The van der Waals surface area contributed by atoms with Crippen LogP contribution in [-0.4, -0.2) is 9.78 Å². The van der Waals surface area contributed by atoms with Gasteiger partial charge in [-0.3, -0.25) is 4.68 Å². The molecule has 0 saturated heterocycles. The molecule has 5 heteroatoms. The van der Waals surface area contributed by atoms with Crippen LogP contribution in [0.1, 0.15) is 23.7 Å². The molecular formula is C13H15Cl2N3. The minimum Gasteiger partial charge on any atom is -0.324 e. The molecule has 0 radical (unpaired) electrons. The zero-order valence-corrected chi connectivity index (χ0v) is 11.6. The summed E-state index contributed by atoms with van der Waals surface area (Å²) in [4.78, 5) is 0. The lowest BCUT2D eigenvalue weighted by Gasteiger charge is -2.14. The van der Waals surface area contributed by atoms with Gasteiger partial charge in [0.1, 0.15) is 0 Å². The van der Waals surface area contributed by atoms with Crippen LogP contribution in [-0.2, 0) is 13.5 Å². The van der Waals surface area contributed by atoms with E-state index in [4.69, 9.17) is 28.9 Å². The molecule has 1 atom stereocenters. The van der Waals surface area contributed by atoms with Crippen molar-refractivity contribution in [1.82, 2.24) is 9.78 Å². The van der Waals surface area contributed by atoms with Crippen molar-refractivity contribution in [3.63, 3.8) is 0 Å². The average Bonchev–Trinajstić information content (AvgIpc) is 2.72. The summed E-state index contributed by atoms with van der Waals surface area (Å²) in [7, 11) is 1.93. The monoisotopic (exact) mass is 283 g/mol. The van der Waals surface area contributed by atoms with Crippen molar-refractivity contribution in [2.24, 2.45) is 12.8 Å². The van der Waals surface area contributed by atoms with E-state index in [-0.39, 0.29) is 6.04 Å². The molecule has 0 aliphatic carbocycles. The van der Waals surface area contributed by atoms with Crippen LogP contribution >= 0.6 is 23.2 Å². The molecule has 0 spiro atoms. The fourth-order valence-electron chi connectivity index (χ4n) is 1.91. The lowest BCUT2D eigenvalue weighted by Crippen LogP contribution is -2.13. The van der Waals surface area contributed by atoms with Crippen LogP contribution in [0.5, 0.6) is 0 Å². The third-order valence-electron chi connectivity index (χ3n) is 3.00. The lowest BCUT2D eigenvalue weighted by atomic mass is 10.0. The molecule has 1 aromatic carbocycles. The van der Waals surface area contributed by atoms with E-state index < -0.39 is 0 Å². The van der Waals surface area contributed by atoms with Gasteiger partial charge in [-0.05, 0) is 36.6 Å². The van der Waals surface area contributed by atoms with Crippen LogP contribution < -0.4 is 5.73 Å². The van der Waals surface area contributed by atoms with Gasteiger partial charge in [-0.1, -0.05) is 29.3 Å². The average molecular weight is 284 g/mol. The van der Waals surface area contributed by atoms with Crippen LogP contribution in [0.25, 0.3) is 0 Å². The Hall–Kier alpha value is -1.03. The van der Waals surface area contributed by atoms with Crippen LogP contribution in [0.4, 0.5) is 0 Å². The topological polar surface area (TPSA) is 43.8 Å². The van der Waals surface area contributed by atoms with Gasteiger partial charge in [0.2, 0.25) is 0 Å². The summed E-state index contributed by atoms with van der Waals surface area (Å²) in [6.45, 7) is 0. The number of aromatic nitrogens is 2. The van der Waals surface area contributed by atoms with Gasteiger partial charge < -0.3 is 5.73 Å². The number of aryl methyl sites for hydroxylation is 2. The normalized spacial score (nSPS) is 12.7. The Morgan fingerprint density at radius 1 is 1.33 bits per heavy atom. The molecule has 1 unspecified atom stereocenters. The Bertz CT molecular complexity index is 537. The summed E-state index contributed by atoms with van der Waals surface area (Å²) < 4.78 is 1.86. The second-order valence-electron chi connectivity index (χ2n) is 4.26. The molecule has 1 heterocycles. The summed E-state index contributed by atoms with van der Waals surface area (Å²) in [6, 6.07) is 7.33. The maximum atomic E-state index is 6.16. The van der Waals surface area contributed by atoms with Crippen LogP contribution in [0, 0.1) is 0 Å². The summed E-state index contributed by atoms with van der Waals surface area (Å²) >= 11 is 12.0. The summed E-state index contributed by atoms with van der Waals surface area (Å²) in [5.74, 6) is 0. The van der Waals surface area contributed by atoms with E-state index in [2.05, 4.69) is 5.10 Å². The Labute approximate surface area is 117 Å². The zero-order valence-electron chi connectivity index (χ0n) is 10.1. The molecule has 0 amide bonds. The van der Waals surface area contributed by atoms with Crippen molar-refractivity contribution in [2.75, 3.05) is 0 Å². The number of hydrogen-bond donors (Lipinski definition) is 1. The van der Waals surface area contributed by atoms with E-state index >= 15 is 0 Å². The maximum Gasteiger partial charge on any atom is 0.0492 e. The van der Waals surface area contributed by atoms with Crippen molar-refractivity contribution in [2.45, 2.75) is 18.9 Å². The molecular weight excluding hydrogens is 269 g/mol. The third kappa shape index (κ3) is 3.05. The predicted molar refractivity (Wildman–Crippen MR) is 74.9 cm³/mol.